The van der Waals surface area contributed by atoms with Crippen LogP contribution in [0.5, 0.6) is 0 Å². The van der Waals surface area contributed by atoms with E-state index in [-0.39, 0.29) is 12.4 Å². The lowest BCUT2D eigenvalue weighted by molar-refractivity contribution is -0.139. The molecule has 0 N–H and O–H groups in total. The van der Waals surface area contributed by atoms with E-state index in [4.69, 9.17) is 4.42 Å². The number of carbonyl (C=O) groups excluding carboxylic acids is 1. The molecule has 0 spiro atoms. The molecule has 154 valence electrons. The fraction of sp³-hybridized carbons (Fsp3) is 0.333. The quantitative estimate of drug-likeness (QED) is 0.578. The standard InChI is InChI=1S/C18H17F3N4O3S/c1-2-7-24(10-14-22-23-17(28-14)13-4-3-8-29-13)16(27)11-25-9-12(18(19,20)21)5-6-15(25)26/h3-6,8-9H,2,7,10-11H2,1H3. The normalized spacial score (nSPS) is 11.6. The lowest BCUT2D eigenvalue weighted by atomic mass is 10.2. The smallest absolute Gasteiger partial charge is 0.417 e. The third-order valence-electron chi connectivity index (χ3n) is 3.99. The minimum Gasteiger partial charge on any atom is -0.418 e. The molecule has 0 fully saturated rings. The molecule has 3 rings (SSSR count). The van der Waals surface area contributed by atoms with Gasteiger partial charge in [-0.05, 0) is 23.9 Å². The van der Waals surface area contributed by atoms with E-state index in [1.54, 1.807) is 0 Å². The molecule has 0 saturated carbocycles. The number of pyridine rings is 1. The van der Waals surface area contributed by atoms with Crippen LogP contribution in [0.3, 0.4) is 0 Å². The minimum atomic E-state index is -4.61. The van der Waals surface area contributed by atoms with Crippen molar-refractivity contribution in [1.82, 2.24) is 19.7 Å². The molecule has 3 aromatic rings. The van der Waals surface area contributed by atoms with E-state index in [1.807, 2.05) is 24.4 Å². The summed E-state index contributed by atoms with van der Waals surface area (Å²) in [5.41, 5.74) is -1.69. The molecule has 0 bridgehead atoms. The second kappa shape index (κ2) is 8.60. The van der Waals surface area contributed by atoms with E-state index in [9.17, 15) is 22.8 Å². The van der Waals surface area contributed by atoms with Crippen LogP contribution in [-0.4, -0.2) is 32.1 Å². The largest absolute Gasteiger partial charge is 0.418 e. The third-order valence-corrected chi connectivity index (χ3v) is 4.85. The lowest BCUT2D eigenvalue weighted by Crippen LogP contribution is -2.36. The first-order valence-electron chi connectivity index (χ1n) is 8.69. The van der Waals surface area contributed by atoms with Gasteiger partial charge in [0.2, 0.25) is 11.8 Å². The summed E-state index contributed by atoms with van der Waals surface area (Å²) in [7, 11) is 0. The lowest BCUT2D eigenvalue weighted by Gasteiger charge is -2.21. The molecule has 0 aliphatic rings. The molecular weight excluding hydrogens is 409 g/mol. The van der Waals surface area contributed by atoms with E-state index in [1.165, 1.54) is 16.2 Å². The average Bonchev–Trinajstić information content (AvgIpc) is 3.33. The average molecular weight is 426 g/mol. The number of amides is 1. The molecule has 11 heteroatoms. The molecule has 0 saturated heterocycles. The topological polar surface area (TPSA) is 81.2 Å². The third kappa shape index (κ3) is 5.11. The van der Waals surface area contributed by atoms with Gasteiger partial charge in [0.25, 0.3) is 11.4 Å². The molecule has 0 radical (unpaired) electrons. The number of halogens is 3. The number of hydrogen-bond acceptors (Lipinski definition) is 6. The monoisotopic (exact) mass is 426 g/mol. The maximum Gasteiger partial charge on any atom is 0.417 e. The summed E-state index contributed by atoms with van der Waals surface area (Å²) in [5.74, 6) is 0.00346. The van der Waals surface area contributed by atoms with Crippen molar-refractivity contribution < 1.29 is 22.4 Å². The van der Waals surface area contributed by atoms with Gasteiger partial charge in [0, 0.05) is 18.8 Å². The summed E-state index contributed by atoms with van der Waals surface area (Å²) >= 11 is 1.42. The van der Waals surface area contributed by atoms with Crippen LogP contribution < -0.4 is 5.56 Å². The second-order valence-electron chi connectivity index (χ2n) is 6.18. The van der Waals surface area contributed by atoms with Crippen molar-refractivity contribution in [3.05, 3.63) is 57.7 Å². The molecule has 0 aliphatic carbocycles. The Morgan fingerprint density at radius 3 is 2.72 bits per heavy atom. The highest BCUT2D eigenvalue weighted by Gasteiger charge is 2.31. The van der Waals surface area contributed by atoms with Crippen LogP contribution in [0.4, 0.5) is 13.2 Å². The molecule has 0 aromatic carbocycles. The Morgan fingerprint density at radius 1 is 1.28 bits per heavy atom. The van der Waals surface area contributed by atoms with E-state index < -0.39 is 29.8 Å². The molecular formula is C18H17F3N4O3S. The van der Waals surface area contributed by atoms with E-state index in [0.717, 1.165) is 15.5 Å². The van der Waals surface area contributed by atoms with Gasteiger partial charge in [-0.15, -0.1) is 21.5 Å². The van der Waals surface area contributed by atoms with Crippen molar-refractivity contribution in [2.75, 3.05) is 6.54 Å². The highest BCUT2D eigenvalue weighted by atomic mass is 32.1. The van der Waals surface area contributed by atoms with Crippen LogP contribution >= 0.6 is 11.3 Å². The molecule has 0 aliphatic heterocycles. The van der Waals surface area contributed by atoms with Crippen LogP contribution in [0.1, 0.15) is 24.8 Å². The summed E-state index contributed by atoms with van der Waals surface area (Å²) in [5, 5.41) is 9.73. The number of aromatic nitrogens is 3. The van der Waals surface area contributed by atoms with Crippen molar-refractivity contribution >= 4 is 17.2 Å². The second-order valence-corrected chi connectivity index (χ2v) is 7.12. The highest BCUT2D eigenvalue weighted by Crippen LogP contribution is 2.28. The Bertz CT molecular complexity index is 1030. The Labute approximate surface area is 167 Å². The summed E-state index contributed by atoms with van der Waals surface area (Å²) in [6, 6.07) is 5.14. The van der Waals surface area contributed by atoms with Crippen molar-refractivity contribution in [2.24, 2.45) is 0 Å². The van der Waals surface area contributed by atoms with Gasteiger partial charge in [-0.25, -0.2) is 0 Å². The zero-order chi connectivity index (χ0) is 21.0. The van der Waals surface area contributed by atoms with Gasteiger partial charge in [0.15, 0.2) is 0 Å². The number of rotatable bonds is 7. The molecule has 0 atom stereocenters. The maximum absolute atomic E-state index is 12.9. The summed E-state index contributed by atoms with van der Waals surface area (Å²) in [6.45, 7) is 1.65. The van der Waals surface area contributed by atoms with Crippen LogP contribution in [0.25, 0.3) is 10.8 Å². The van der Waals surface area contributed by atoms with Crippen LogP contribution in [0, 0.1) is 0 Å². The van der Waals surface area contributed by atoms with E-state index in [0.29, 0.717) is 31.1 Å². The maximum atomic E-state index is 12.9. The van der Waals surface area contributed by atoms with Crippen molar-refractivity contribution in [3.8, 4) is 10.8 Å². The number of thiophene rings is 1. The predicted molar refractivity (Wildman–Crippen MR) is 99.0 cm³/mol. The van der Waals surface area contributed by atoms with E-state index >= 15 is 0 Å². The summed E-state index contributed by atoms with van der Waals surface area (Å²) in [6.07, 6.45) is -3.36. The fourth-order valence-corrected chi connectivity index (χ4v) is 3.25. The van der Waals surface area contributed by atoms with Crippen LogP contribution in [0.15, 0.2) is 45.1 Å². The summed E-state index contributed by atoms with van der Waals surface area (Å²) in [4.78, 5) is 26.7. The number of alkyl halides is 3. The fourth-order valence-electron chi connectivity index (χ4n) is 2.61. The van der Waals surface area contributed by atoms with Gasteiger partial charge < -0.3 is 13.9 Å². The highest BCUT2D eigenvalue weighted by molar-refractivity contribution is 7.13. The number of nitrogens with zero attached hydrogens (tertiary/aromatic N) is 4. The van der Waals surface area contributed by atoms with Gasteiger partial charge >= 0.3 is 6.18 Å². The zero-order valence-corrected chi connectivity index (χ0v) is 16.2. The summed E-state index contributed by atoms with van der Waals surface area (Å²) < 4.78 is 45.0. The molecule has 1 amide bonds. The van der Waals surface area contributed by atoms with Gasteiger partial charge in [-0.1, -0.05) is 13.0 Å². The Morgan fingerprint density at radius 2 is 2.07 bits per heavy atom. The minimum absolute atomic E-state index is 0.00123. The molecule has 3 heterocycles. The van der Waals surface area contributed by atoms with Crippen molar-refractivity contribution in [3.63, 3.8) is 0 Å². The zero-order valence-electron chi connectivity index (χ0n) is 15.3. The molecule has 7 nitrogen and oxygen atoms in total. The van der Waals surface area contributed by atoms with Gasteiger partial charge in [-0.2, -0.15) is 13.2 Å². The van der Waals surface area contributed by atoms with Gasteiger partial charge in [0.1, 0.15) is 6.54 Å². The first-order valence-corrected chi connectivity index (χ1v) is 9.57. The van der Waals surface area contributed by atoms with Crippen molar-refractivity contribution in [1.29, 1.82) is 0 Å². The van der Waals surface area contributed by atoms with E-state index in [2.05, 4.69) is 10.2 Å². The molecule has 29 heavy (non-hydrogen) atoms. The van der Waals surface area contributed by atoms with Crippen LogP contribution in [-0.2, 0) is 24.1 Å². The predicted octanol–water partition coefficient (Wildman–Crippen LogP) is 3.42. The molecule has 3 aromatic heterocycles. The Hall–Kier alpha value is -2.95. The Kier molecular flexibility index (Phi) is 6.16. The van der Waals surface area contributed by atoms with Gasteiger partial charge in [-0.3, -0.25) is 9.59 Å². The van der Waals surface area contributed by atoms with Crippen LogP contribution in [0.2, 0.25) is 0 Å². The first kappa shape index (κ1) is 20.8. The number of carbonyl (C=O) groups is 1. The SMILES string of the molecule is CCCN(Cc1nnc(-c2cccs2)o1)C(=O)Cn1cc(C(F)(F)F)ccc1=O. The molecule has 0 unspecified atom stereocenters. The Balaban J connectivity index is 1.76. The van der Waals surface area contributed by atoms with Crippen molar-refractivity contribution in [2.45, 2.75) is 32.6 Å². The number of hydrogen-bond donors (Lipinski definition) is 0. The van der Waals surface area contributed by atoms with Gasteiger partial charge in [0.05, 0.1) is 17.0 Å². The first-order chi connectivity index (χ1) is 13.8.